The zero-order valence-electron chi connectivity index (χ0n) is 15.1. The summed E-state index contributed by atoms with van der Waals surface area (Å²) >= 11 is 1.51. The highest BCUT2D eigenvalue weighted by Crippen LogP contribution is 2.39. The molecule has 8 heteroatoms. The van der Waals surface area contributed by atoms with Gasteiger partial charge in [0.1, 0.15) is 11.1 Å². The van der Waals surface area contributed by atoms with E-state index in [0.717, 1.165) is 17.7 Å². The zero-order chi connectivity index (χ0) is 20.4. The Morgan fingerprint density at radius 3 is 2.62 bits per heavy atom. The van der Waals surface area contributed by atoms with Crippen molar-refractivity contribution in [2.45, 2.75) is 11.9 Å². The number of nitrogens with zero attached hydrogens (tertiary/aromatic N) is 1. The zero-order valence-corrected chi connectivity index (χ0v) is 15.9. The van der Waals surface area contributed by atoms with Crippen molar-refractivity contribution in [2.75, 3.05) is 11.1 Å². The van der Waals surface area contributed by atoms with E-state index in [1.54, 1.807) is 41.5 Å². The third-order valence-electron chi connectivity index (χ3n) is 4.51. The molecule has 0 spiro atoms. The first-order chi connectivity index (χ1) is 14.0. The number of carbonyl (C=O) groups excluding carboxylic acids is 2. The lowest BCUT2D eigenvalue weighted by atomic mass is 10.1. The summed E-state index contributed by atoms with van der Waals surface area (Å²) in [7, 11) is 0. The molecule has 1 aliphatic heterocycles. The van der Waals surface area contributed by atoms with Crippen molar-refractivity contribution < 1.29 is 22.8 Å². The molecule has 0 bridgehead atoms. The summed E-state index contributed by atoms with van der Waals surface area (Å²) < 4.78 is 31.6. The number of anilines is 1. The summed E-state index contributed by atoms with van der Waals surface area (Å²) in [4.78, 5) is 26.4. The number of rotatable bonds is 5. The first kappa shape index (κ1) is 19.2. The Kier molecular flexibility index (Phi) is 5.35. The van der Waals surface area contributed by atoms with Crippen LogP contribution in [0.5, 0.6) is 0 Å². The number of halogens is 2. The Morgan fingerprint density at radius 1 is 1.14 bits per heavy atom. The van der Waals surface area contributed by atoms with Gasteiger partial charge in [-0.25, -0.2) is 8.78 Å². The maximum atomic E-state index is 13.3. The number of thioether (sulfide) groups is 1. The summed E-state index contributed by atoms with van der Waals surface area (Å²) in [5.41, 5.74) is 1.42. The fourth-order valence-electron chi connectivity index (χ4n) is 3.05. The van der Waals surface area contributed by atoms with Gasteiger partial charge in [-0.3, -0.25) is 9.59 Å². The molecule has 2 aromatic carbocycles. The molecule has 1 aromatic heterocycles. The van der Waals surface area contributed by atoms with Crippen molar-refractivity contribution in [2.24, 2.45) is 0 Å². The van der Waals surface area contributed by atoms with Gasteiger partial charge in [-0.05, 0) is 42.0 Å². The van der Waals surface area contributed by atoms with E-state index in [1.807, 2.05) is 6.07 Å². The van der Waals surface area contributed by atoms with Crippen LogP contribution in [0.15, 0.2) is 65.3 Å². The quantitative estimate of drug-likeness (QED) is 0.664. The smallest absolute Gasteiger partial charge is 0.255 e. The van der Waals surface area contributed by atoms with E-state index in [4.69, 9.17) is 4.42 Å². The molecule has 2 heterocycles. The second kappa shape index (κ2) is 8.08. The van der Waals surface area contributed by atoms with E-state index in [2.05, 4.69) is 5.32 Å². The summed E-state index contributed by atoms with van der Waals surface area (Å²) in [6, 6.07) is 13.6. The number of benzene rings is 2. The Labute approximate surface area is 169 Å². The minimum atomic E-state index is -1.03. The van der Waals surface area contributed by atoms with Gasteiger partial charge in [0.15, 0.2) is 11.6 Å². The summed E-state index contributed by atoms with van der Waals surface area (Å²) in [6.45, 7) is 0.377. The number of amides is 2. The van der Waals surface area contributed by atoms with Crippen LogP contribution in [-0.2, 0) is 11.3 Å². The third-order valence-corrected chi connectivity index (χ3v) is 5.77. The van der Waals surface area contributed by atoms with E-state index in [0.29, 0.717) is 23.6 Å². The third kappa shape index (κ3) is 4.17. The molecule has 1 aliphatic rings. The van der Waals surface area contributed by atoms with E-state index in [-0.39, 0.29) is 17.0 Å². The molecule has 4 rings (SSSR count). The predicted molar refractivity (Wildman–Crippen MR) is 105 cm³/mol. The minimum absolute atomic E-state index is 0.0246. The highest BCUT2D eigenvalue weighted by Gasteiger charge is 2.33. The van der Waals surface area contributed by atoms with Gasteiger partial charge in [0, 0.05) is 17.3 Å². The molecule has 5 nitrogen and oxygen atoms in total. The van der Waals surface area contributed by atoms with Crippen LogP contribution in [0.2, 0.25) is 0 Å². The van der Waals surface area contributed by atoms with E-state index in [9.17, 15) is 18.4 Å². The molecular formula is C21H16F2N2O3S. The van der Waals surface area contributed by atoms with Crippen LogP contribution in [0.1, 0.15) is 27.1 Å². The Morgan fingerprint density at radius 2 is 1.93 bits per heavy atom. The van der Waals surface area contributed by atoms with Crippen LogP contribution >= 0.6 is 11.8 Å². The maximum Gasteiger partial charge on any atom is 0.255 e. The maximum absolute atomic E-state index is 13.3. The molecule has 1 atom stereocenters. The Balaban J connectivity index is 1.47. The predicted octanol–water partition coefficient (Wildman–Crippen LogP) is 4.58. The largest absolute Gasteiger partial charge is 0.467 e. The lowest BCUT2D eigenvalue weighted by molar-refractivity contribution is -0.128. The second-order valence-electron chi connectivity index (χ2n) is 6.47. The summed E-state index contributed by atoms with van der Waals surface area (Å²) in [5.74, 6) is -1.34. The summed E-state index contributed by atoms with van der Waals surface area (Å²) in [5, 5.41) is 2.36. The van der Waals surface area contributed by atoms with Crippen molar-refractivity contribution in [1.82, 2.24) is 4.90 Å². The van der Waals surface area contributed by atoms with Crippen LogP contribution in [0.4, 0.5) is 14.5 Å². The van der Waals surface area contributed by atoms with E-state index in [1.165, 1.54) is 17.8 Å². The van der Waals surface area contributed by atoms with Crippen molar-refractivity contribution in [3.05, 3.63) is 89.4 Å². The van der Waals surface area contributed by atoms with Gasteiger partial charge in [-0.1, -0.05) is 12.1 Å². The fourth-order valence-corrected chi connectivity index (χ4v) is 4.24. The lowest BCUT2D eigenvalue weighted by Crippen LogP contribution is -2.27. The first-order valence-electron chi connectivity index (χ1n) is 8.81. The van der Waals surface area contributed by atoms with Crippen molar-refractivity contribution in [3.63, 3.8) is 0 Å². The number of nitrogens with one attached hydrogen (secondary N) is 1. The normalized spacial score (nSPS) is 16.3. The average molecular weight is 414 g/mol. The summed E-state index contributed by atoms with van der Waals surface area (Å²) in [6.07, 6.45) is 1.57. The van der Waals surface area contributed by atoms with Crippen LogP contribution in [-0.4, -0.2) is 22.5 Å². The van der Waals surface area contributed by atoms with Gasteiger partial charge in [0.25, 0.3) is 5.91 Å². The van der Waals surface area contributed by atoms with Gasteiger partial charge < -0.3 is 14.6 Å². The van der Waals surface area contributed by atoms with Gasteiger partial charge in [-0.15, -0.1) is 11.8 Å². The van der Waals surface area contributed by atoms with E-state index >= 15 is 0 Å². The van der Waals surface area contributed by atoms with Crippen LogP contribution in [0, 0.1) is 11.6 Å². The fraction of sp³-hybridized carbons (Fsp3) is 0.143. The first-order valence-corrected chi connectivity index (χ1v) is 9.86. The minimum Gasteiger partial charge on any atom is -0.467 e. The SMILES string of the molecule is O=C(Nc1ccc(F)c(F)c1)c1ccc([C@@H]2SCC(=O)N2Cc2ccco2)cc1. The molecule has 0 aliphatic carbocycles. The topological polar surface area (TPSA) is 62.6 Å². The molecule has 0 saturated carbocycles. The Hall–Kier alpha value is -3.13. The van der Waals surface area contributed by atoms with E-state index < -0.39 is 17.5 Å². The molecule has 0 radical (unpaired) electrons. The molecule has 2 amide bonds. The number of hydrogen-bond acceptors (Lipinski definition) is 4. The average Bonchev–Trinajstić information content (AvgIpc) is 3.36. The molecule has 0 unspecified atom stereocenters. The monoisotopic (exact) mass is 414 g/mol. The Bertz CT molecular complexity index is 1040. The molecule has 29 heavy (non-hydrogen) atoms. The molecular weight excluding hydrogens is 398 g/mol. The second-order valence-corrected chi connectivity index (χ2v) is 7.54. The van der Waals surface area contributed by atoms with Crippen molar-refractivity contribution >= 4 is 29.3 Å². The standard InChI is InChI=1S/C21H16F2N2O3S/c22-17-8-7-15(10-18(17)23)24-20(27)13-3-5-14(6-4-13)21-25(19(26)12-29-21)11-16-2-1-9-28-16/h1-10,21H,11-12H2,(H,24,27)/t21-/m0/s1. The van der Waals surface area contributed by atoms with Crippen LogP contribution < -0.4 is 5.32 Å². The highest BCUT2D eigenvalue weighted by atomic mass is 32.2. The van der Waals surface area contributed by atoms with Gasteiger partial charge in [0.2, 0.25) is 5.91 Å². The van der Waals surface area contributed by atoms with Crippen molar-refractivity contribution in [1.29, 1.82) is 0 Å². The lowest BCUT2D eigenvalue weighted by Gasteiger charge is -2.23. The van der Waals surface area contributed by atoms with Crippen LogP contribution in [0.3, 0.4) is 0 Å². The van der Waals surface area contributed by atoms with Gasteiger partial charge >= 0.3 is 0 Å². The van der Waals surface area contributed by atoms with Crippen molar-refractivity contribution in [3.8, 4) is 0 Å². The number of carbonyl (C=O) groups is 2. The van der Waals surface area contributed by atoms with Crippen LogP contribution in [0.25, 0.3) is 0 Å². The number of hydrogen-bond donors (Lipinski definition) is 1. The molecule has 1 saturated heterocycles. The molecule has 3 aromatic rings. The molecule has 1 N–H and O–H groups in total. The van der Waals surface area contributed by atoms with Gasteiger partial charge in [-0.2, -0.15) is 0 Å². The molecule has 148 valence electrons. The number of furan rings is 1. The highest BCUT2D eigenvalue weighted by molar-refractivity contribution is 8.00. The molecule has 1 fully saturated rings. The van der Waals surface area contributed by atoms with Gasteiger partial charge in [0.05, 0.1) is 18.6 Å².